The van der Waals surface area contributed by atoms with Gasteiger partial charge in [-0.15, -0.1) is 0 Å². The number of thiol groups is 1. The Labute approximate surface area is 175 Å². The van der Waals surface area contributed by atoms with Crippen LogP contribution in [0.2, 0.25) is 0 Å². The molecule has 0 spiro atoms. The normalized spacial score (nSPS) is 15.1. The molecule has 0 aromatic rings. The number of aliphatic hydroxyl groups excluding tert-OH is 1. The molecule has 12 heteroatoms. The predicted molar refractivity (Wildman–Crippen MR) is 110 cm³/mol. The average Bonchev–Trinajstić information content (AvgIpc) is 2.67. The maximum atomic E-state index is 12.6. The largest absolute Gasteiger partial charge is 0.480 e. The van der Waals surface area contributed by atoms with Crippen molar-refractivity contribution in [3.05, 3.63) is 0 Å². The summed E-state index contributed by atoms with van der Waals surface area (Å²) in [5, 5.41) is 25.4. The highest BCUT2D eigenvalue weighted by atomic mass is 32.1. The molecule has 11 nitrogen and oxygen atoms in total. The number of carboxylic acids is 1. The van der Waals surface area contributed by atoms with Gasteiger partial charge in [0.05, 0.1) is 12.6 Å². The van der Waals surface area contributed by atoms with E-state index in [1.54, 1.807) is 13.8 Å². The first-order chi connectivity index (χ1) is 13.6. The third-order valence-corrected chi connectivity index (χ3v) is 4.53. The summed E-state index contributed by atoms with van der Waals surface area (Å²) in [6.45, 7) is 3.12. The fraction of sp³-hybridized carbons (Fsp3) is 0.765. The van der Waals surface area contributed by atoms with E-state index in [1.807, 2.05) is 0 Å². The van der Waals surface area contributed by atoms with E-state index in [2.05, 4.69) is 28.6 Å². The first-order valence-corrected chi connectivity index (χ1v) is 10.0. The van der Waals surface area contributed by atoms with Gasteiger partial charge >= 0.3 is 5.97 Å². The Bertz CT molecular complexity index is 562. The molecule has 29 heavy (non-hydrogen) atoms. The van der Waals surface area contributed by atoms with Crippen LogP contribution >= 0.6 is 12.6 Å². The number of carbonyl (C=O) groups excluding carboxylic acids is 3. The number of nitrogens with two attached hydrogens (primary N) is 2. The number of nitrogens with one attached hydrogen (secondary N) is 3. The SMILES string of the molecule is CC(C)C(NC(=O)C(N)CCCCN)C(=O)NC(CO)C(=O)NC(CS)C(=O)O. The minimum Gasteiger partial charge on any atom is -0.480 e. The molecule has 4 atom stereocenters. The lowest BCUT2D eigenvalue weighted by molar-refractivity contribution is -0.142. The molecular formula is C17H33N5O6S. The van der Waals surface area contributed by atoms with E-state index in [0.717, 1.165) is 6.42 Å². The lowest BCUT2D eigenvalue weighted by Crippen LogP contribution is -2.59. The number of unbranched alkanes of at least 4 members (excludes halogenated alkanes) is 1. The van der Waals surface area contributed by atoms with Gasteiger partial charge in [0, 0.05) is 5.75 Å². The molecule has 0 aromatic carbocycles. The van der Waals surface area contributed by atoms with Gasteiger partial charge in [0.15, 0.2) is 0 Å². The lowest BCUT2D eigenvalue weighted by atomic mass is 10.0. The van der Waals surface area contributed by atoms with Crippen LogP contribution in [0.25, 0.3) is 0 Å². The summed E-state index contributed by atoms with van der Waals surface area (Å²) in [7, 11) is 0. The number of aliphatic hydroxyl groups is 1. The number of hydrogen-bond acceptors (Lipinski definition) is 8. The van der Waals surface area contributed by atoms with E-state index in [4.69, 9.17) is 16.6 Å². The molecule has 0 aromatic heterocycles. The Balaban J connectivity index is 4.99. The summed E-state index contributed by atoms with van der Waals surface area (Å²) in [5.74, 6) is -3.89. The minimum atomic E-state index is -1.39. The maximum absolute atomic E-state index is 12.6. The quantitative estimate of drug-likeness (QED) is 0.109. The molecule has 4 unspecified atom stereocenters. The Morgan fingerprint density at radius 3 is 2.00 bits per heavy atom. The maximum Gasteiger partial charge on any atom is 0.327 e. The molecule has 0 fully saturated rings. The van der Waals surface area contributed by atoms with Crippen LogP contribution in [-0.4, -0.2) is 77.0 Å². The van der Waals surface area contributed by atoms with Crippen molar-refractivity contribution in [1.29, 1.82) is 0 Å². The highest BCUT2D eigenvalue weighted by Crippen LogP contribution is 2.05. The summed E-state index contributed by atoms with van der Waals surface area (Å²) in [4.78, 5) is 48.0. The van der Waals surface area contributed by atoms with Crippen molar-refractivity contribution in [3.8, 4) is 0 Å². The van der Waals surface area contributed by atoms with Crippen LogP contribution < -0.4 is 27.4 Å². The highest BCUT2D eigenvalue weighted by molar-refractivity contribution is 7.80. The topological polar surface area (TPSA) is 197 Å². The van der Waals surface area contributed by atoms with Crippen molar-refractivity contribution in [1.82, 2.24) is 16.0 Å². The lowest BCUT2D eigenvalue weighted by Gasteiger charge is -2.26. The Kier molecular flexibility index (Phi) is 13.2. The van der Waals surface area contributed by atoms with Gasteiger partial charge in [-0.2, -0.15) is 12.6 Å². The first kappa shape index (κ1) is 27.1. The number of hydrogen-bond donors (Lipinski definition) is 8. The Morgan fingerprint density at radius 1 is 0.966 bits per heavy atom. The van der Waals surface area contributed by atoms with Crippen molar-refractivity contribution >= 4 is 36.3 Å². The van der Waals surface area contributed by atoms with Crippen molar-refractivity contribution in [3.63, 3.8) is 0 Å². The van der Waals surface area contributed by atoms with E-state index in [0.29, 0.717) is 19.4 Å². The second-order valence-electron chi connectivity index (χ2n) is 6.95. The molecule has 0 radical (unpaired) electrons. The summed E-state index contributed by atoms with van der Waals surface area (Å²) >= 11 is 3.83. The summed E-state index contributed by atoms with van der Waals surface area (Å²) in [6, 6.07) is -4.46. The van der Waals surface area contributed by atoms with Gasteiger partial charge in [0.1, 0.15) is 18.1 Å². The summed E-state index contributed by atoms with van der Waals surface area (Å²) < 4.78 is 0. The summed E-state index contributed by atoms with van der Waals surface area (Å²) in [5.41, 5.74) is 11.2. The van der Waals surface area contributed by atoms with E-state index < -0.39 is 54.5 Å². The number of rotatable bonds is 14. The van der Waals surface area contributed by atoms with Gasteiger partial charge in [-0.25, -0.2) is 4.79 Å². The van der Waals surface area contributed by atoms with Gasteiger partial charge in [0.25, 0.3) is 0 Å². The second kappa shape index (κ2) is 14.1. The molecular weight excluding hydrogens is 402 g/mol. The second-order valence-corrected chi connectivity index (χ2v) is 7.31. The number of carboxylic acid groups (broad SMARTS) is 1. The van der Waals surface area contributed by atoms with Gasteiger partial charge in [-0.05, 0) is 25.3 Å². The molecule has 0 saturated carbocycles. The smallest absolute Gasteiger partial charge is 0.327 e. The summed E-state index contributed by atoms with van der Waals surface area (Å²) in [6.07, 6.45) is 1.82. The zero-order valence-corrected chi connectivity index (χ0v) is 17.7. The molecule has 3 amide bonds. The number of aliphatic carboxylic acids is 1. The molecule has 0 aliphatic heterocycles. The van der Waals surface area contributed by atoms with Crippen molar-refractivity contribution < 1.29 is 29.4 Å². The molecule has 0 bridgehead atoms. The van der Waals surface area contributed by atoms with Crippen molar-refractivity contribution in [2.45, 2.75) is 57.3 Å². The van der Waals surface area contributed by atoms with E-state index in [-0.39, 0.29) is 11.7 Å². The van der Waals surface area contributed by atoms with Crippen LogP contribution in [0.1, 0.15) is 33.1 Å². The van der Waals surface area contributed by atoms with Crippen LogP contribution in [-0.2, 0) is 19.2 Å². The van der Waals surface area contributed by atoms with Gasteiger partial charge < -0.3 is 37.6 Å². The van der Waals surface area contributed by atoms with Crippen LogP contribution in [0.3, 0.4) is 0 Å². The Morgan fingerprint density at radius 2 is 1.55 bits per heavy atom. The zero-order valence-electron chi connectivity index (χ0n) is 16.8. The monoisotopic (exact) mass is 435 g/mol. The fourth-order valence-corrected chi connectivity index (χ4v) is 2.60. The van der Waals surface area contributed by atoms with Crippen molar-refractivity contribution in [2.75, 3.05) is 18.9 Å². The van der Waals surface area contributed by atoms with E-state index in [9.17, 15) is 24.3 Å². The van der Waals surface area contributed by atoms with Crippen LogP contribution in [0.4, 0.5) is 0 Å². The predicted octanol–water partition coefficient (Wildman–Crippen LogP) is -2.44. The third kappa shape index (κ3) is 9.92. The molecule has 0 saturated heterocycles. The highest BCUT2D eigenvalue weighted by Gasteiger charge is 2.31. The van der Waals surface area contributed by atoms with Crippen LogP contribution in [0, 0.1) is 5.92 Å². The molecule has 0 aliphatic rings. The first-order valence-electron chi connectivity index (χ1n) is 9.40. The number of carbonyl (C=O) groups is 4. The molecule has 9 N–H and O–H groups in total. The molecule has 168 valence electrons. The van der Waals surface area contributed by atoms with E-state index in [1.165, 1.54) is 0 Å². The van der Waals surface area contributed by atoms with Crippen molar-refractivity contribution in [2.24, 2.45) is 17.4 Å². The fourth-order valence-electron chi connectivity index (χ4n) is 2.35. The number of amides is 3. The standard InChI is InChI=1S/C17H33N5O6S/c1-9(2)13(22-14(24)10(19)5-3-4-6-18)16(26)20-11(7-23)15(25)21-12(8-29)17(27)28/h9-13,23,29H,3-8,18-19H2,1-2H3,(H,20,26)(H,21,25)(H,22,24)(H,27,28). The van der Waals surface area contributed by atoms with E-state index >= 15 is 0 Å². The Hall–Kier alpha value is -1.89. The molecule has 0 rings (SSSR count). The zero-order chi connectivity index (χ0) is 22.6. The average molecular weight is 436 g/mol. The minimum absolute atomic E-state index is 0.167. The van der Waals surface area contributed by atoms with Gasteiger partial charge in [-0.3, -0.25) is 14.4 Å². The van der Waals surface area contributed by atoms with Gasteiger partial charge in [0.2, 0.25) is 17.7 Å². The third-order valence-electron chi connectivity index (χ3n) is 4.17. The van der Waals surface area contributed by atoms with Crippen LogP contribution in [0.5, 0.6) is 0 Å². The van der Waals surface area contributed by atoms with Gasteiger partial charge in [-0.1, -0.05) is 20.3 Å². The molecule has 0 aliphatic carbocycles. The molecule has 0 heterocycles. The van der Waals surface area contributed by atoms with Crippen LogP contribution in [0.15, 0.2) is 0 Å².